The number of ketones is 1. The van der Waals surface area contributed by atoms with E-state index in [0.717, 1.165) is 5.56 Å². The third-order valence-corrected chi connectivity index (χ3v) is 3.32. The molecule has 2 rings (SSSR count). The van der Waals surface area contributed by atoms with Crippen LogP contribution in [0, 0.1) is 0 Å². The van der Waals surface area contributed by atoms with Crippen molar-refractivity contribution < 1.29 is 19.0 Å². The van der Waals surface area contributed by atoms with Crippen molar-refractivity contribution in [2.75, 3.05) is 21.3 Å². The van der Waals surface area contributed by atoms with Gasteiger partial charge in [-0.3, -0.25) is 9.78 Å². The second-order valence-electron chi connectivity index (χ2n) is 4.67. The molecule has 5 heteroatoms. The van der Waals surface area contributed by atoms with Gasteiger partial charge < -0.3 is 14.2 Å². The van der Waals surface area contributed by atoms with Crippen molar-refractivity contribution in [1.29, 1.82) is 0 Å². The summed E-state index contributed by atoms with van der Waals surface area (Å²) in [5, 5.41) is 0. The number of benzene rings is 1. The van der Waals surface area contributed by atoms with E-state index in [1.54, 1.807) is 45.7 Å². The van der Waals surface area contributed by atoms with E-state index in [-0.39, 0.29) is 5.78 Å². The predicted molar refractivity (Wildman–Crippen MR) is 83.0 cm³/mol. The molecule has 0 bridgehead atoms. The van der Waals surface area contributed by atoms with Gasteiger partial charge in [-0.05, 0) is 36.2 Å². The molecule has 0 radical (unpaired) electrons. The van der Waals surface area contributed by atoms with Gasteiger partial charge in [0.05, 0.1) is 21.3 Å². The lowest BCUT2D eigenvalue weighted by Crippen LogP contribution is -2.04. The number of nitrogens with zero attached hydrogens (tertiary/aromatic N) is 1. The third-order valence-electron chi connectivity index (χ3n) is 3.32. The van der Waals surface area contributed by atoms with Gasteiger partial charge in [0.2, 0.25) is 5.75 Å². The highest BCUT2D eigenvalue weighted by atomic mass is 16.5. The third kappa shape index (κ3) is 3.55. The number of ether oxygens (including phenoxy) is 3. The lowest BCUT2D eigenvalue weighted by molar-refractivity contribution is 0.0978. The van der Waals surface area contributed by atoms with Gasteiger partial charge in [-0.1, -0.05) is 6.07 Å². The second-order valence-corrected chi connectivity index (χ2v) is 4.67. The Labute approximate surface area is 129 Å². The maximum absolute atomic E-state index is 12.1. The number of rotatable bonds is 7. The van der Waals surface area contributed by atoms with Gasteiger partial charge in [0.15, 0.2) is 17.3 Å². The summed E-state index contributed by atoms with van der Waals surface area (Å²) in [7, 11) is 4.70. The van der Waals surface area contributed by atoms with Gasteiger partial charge in [0.1, 0.15) is 5.69 Å². The van der Waals surface area contributed by atoms with E-state index < -0.39 is 0 Å². The van der Waals surface area contributed by atoms with E-state index in [1.807, 2.05) is 12.1 Å². The van der Waals surface area contributed by atoms with Crippen LogP contribution >= 0.6 is 0 Å². The van der Waals surface area contributed by atoms with Crippen LogP contribution < -0.4 is 14.2 Å². The van der Waals surface area contributed by atoms with Crippen LogP contribution in [0.2, 0.25) is 0 Å². The van der Waals surface area contributed by atoms with Crippen molar-refractivity contribution in [3.8, 4) is 17.2 Å². The number of carbonyl (C=O) groups excluding carboxylic acids is 1. The molecule has 5 nitrogen and oxygen atoms in total. The van der Waals surface area contributed by atoms with E-state index in [0.29, 0.717) is 35.8 Å². The molecular formula is C17H19NO4. The van der Waals surface area contributed by atoms with Crippen LogP contribution in [-0.4, -0.2) is 32.1 Å². The Bertz CT molecular complexity index is 615. The standard InChI is InChI=1S/C17H19NO4/c1-20-15-10-12(11-16(21-2)17(15)22-3)7-8-14(19)13-6-4-5-9-18-13/h4-6,9-11H,7-8H2,1-3H3. The van der Waals surface area contributed by atoms with Crippen LogP contribution in [0.3, 0.4) is 0 Å². The molecule has 0 saturated carbocycles. The zero-order valence-electron chi connectivity index (χ0n) is 13.0. The Morgan fingerprint density at radius 3 is 2.23 bits per heavy atom. The normalized spacial score (nSPS) is 10.1. The fraction of sp³-hybridized carbons (Fsp3) is 0.294. The van der Waals surface area contributed by atoms with Crippen LogP contribution in [-0.2, 0) is 6.42 Å². The lowest BCUT2D eigenvalue weighted by Gasteiger charge is -2.14. The Morgan fingerprint density at radius 2 is 1.73 bits per heavy atom. The number of hydrogen-bond acceptors (Lipinski definition) is 5. The second kappa shape index (κ2) is 7.45. The van der Waals surface area contributed by atoms with E-state index >= 15 is 0 Å². The van der Waals surface area contributed by atoms with Crippen LogP contribution in [0.15, 0.2) is 36.5 Å². The van der Waals surface area contributed by atoms with Gasteiger partial charge in [-0.15, -0.1) is 0 Å². The van der Waals surface area contributed by atoms with Gasteiger partial charge in [-0.2, -0.15) is 0 Å². The minimum atomic E-state index is 0.00866. The molecule has 1 heterocycles. The lowest BCUT2D eigenvalue weighted by atomic mass is 10.0. The molecule has 0 aliphatic heterocycles. The molecule has 0 spiro atoms. The summed E-state index contributed by atoms with van der Waals surface area (Å²) in [4.78, 5) is 16.2. The molecular weight excluding hydrogens is 282 g/mol. The maximum Gasteiger partial charge on any atom is 0.203 e. The van der Waals surface area contributed by atoms with Gasteiger partial charge >= 0.3 is 0 Å². The molecule has 1 aromatic carbocycles. The first-order valence-electron chi connectivity index (χ1n) is 6.92. The summed E-state index contributed by atoms with van der Waals surface area (Å²) in [5.41, 5.74) is 1.42. The molecule has 0 N–H and O–H groups in total. The maximum atomic E-state index is 12.1. The number of pyridine rings is 1. The van der Waals surface area contributed by atoms with Gasteiger partial charge in [0.25, 0.3) is 0 Å². The Balaban J connectivity index is 2.14. The highest BCUT2D eigenvalue weighted by Gasteiger charge is 2.14. The molecule has 0 aliphatic carbocycles. The van der Waals surface area contributed by atoms with Gasteiger partial charge in [0, 0.05) is 12.6 Å². The monoisotopic (exact) mass is 301 g/mol. The summed E-state index contributed by atoms with van der Waals surface area (Å²) in [5.74, 6) is 1.73. The van der Waals surface area contributed by atoms with Crippen molar-refractivity contribution in [2.45, 2.75) is 12.8 Å². The number of aromatic nitrogens is 1. The fourth-order valence-electron chi connectivity index (χ4n) is 2.19. The van der Waals surface area contributed by atoms with Crippen LogP contribution in [0.5, 0.6) is 17.2 Å². The zero-order chi connectivity index (χ0) is 15.9. The number of Topliss-reactive ketones (excluding diaryl/α,β-unsaturated/α-hetero) is 1. The molecule has 0 unspecified atom stereocenters. The van der Waals surface area contributed by atoms with Crippen molar-refractivity contribution >= 4 is 5.78 Å². The van der Waals surface area contributed by atoms with Crippen molar-refractivity contribution in [3.63, 3.8) is 0 Å². The molecule has 0 saturated heterocycles. The topological polar surface area (TPSA) is 57.7 Å². The fourth-order valence-corrected chi connectivity index (χ4v) is 2.19. The van der Waals surface area contributed by atoms with Crippen molar-refractivity contribution in [1.82, 2.24) is 4.98 Å². The molecule has 0 atom stereocenters. The Kier molecular flexibility index (Phi) is 5.36. The van der Waals surface area contributed by atoms with E-state index in [4.69, 9.17) is 14.2 Å². The first-order chi connectivity index (χ1) is 10.7. The number of carbonyl (C=O) groups is 1. The number of aryl methyl sites for hydroxylation is 1. The van der Waals surface area contributed by atoms with Crippen molar-refractivity contribution in [3.05, 3.63) is 47.8 Å². The smallest absolute Gasteiger partial charge is 0.203 e. The molecule has 0 fully saturated rings. The quantitative estimate of drug-likeness (QED) is 0.736. The van der Waals surface area contributed by atoms with E-state index in [2.05, 4.69) is 4.98 Å². The van der Waals surface area contributed by atoms with Crippen LogP contribution in [0.25, 0.3) is 0 Å². The summed E-state index contributed by atoms with van der Waals surface area (Å²) in [6.07, 6.45) is 2.56. The predicted octanol–water partition coefficient (Wildman–Crippen LogP) is 2.92. The van der Waals surface area contributed by atoms with E-state index in [1.165, 1.54) is 0 Å². The molecule has 116 valence electrons. The van der Waals surface area contributed by atoms with Crippen LogP contribution in [0.4, 0.5) is 0 Å². The number of hydrogen-bond donors (Lipinski definition) is 0. The Hall–Kier alpha value is -2.56. The summed E-state index contributed by atoms with van der Waals surface area (Å²) in [6.45, 7) is 0. The summed E-state index contributed by atoms with van der Waals surface area (Å²) in [6, 6.07) is 9.02. The molecule has 0 amide bonds. The number of methoxy groups -OCH3 is 3. The Morgan fingerprint density at radius 1 is 1.05 bits per heavy atom. The highest BCUT2D eigenvalue weighted by molar-refractivity contribution is 5.94. The summed E-state index contributed by atoms with van der Waals surface area (Å²) < 4.78 is 15.9. The minimum Gasteiger partial charge on any atom is -0.493 e. The molecule has 22 heavy (non-hydrogen) atoms. The summed E-state index contributed by atoms with van der Waals surface area (Å²) >= 11 is 0. The zero-order valence-corrected chi connectivity index (χ0v) is 13.0. The largest absolute Gasteiger partial charge is 0.493 e. The average Bonchev–Trinajstić information content (AvgIpc) is 2.59. The molecule has 1 aromatic heterocycles. The van der Waals surface area contributed by atoms with E-state index in [9.17, 15) is 4.79 Å². The first-order valence-corrected chi connectivity index (χ1v) is 6.92. The first kappa shape index (κ1) is 15.8. The van der Waals surface area contributed by atoms with Crippen LogP contribution in [0.1, 0.15) is 22.5 Å². The molecule has 2 aromatic rings. The highest BCUT2D eigenvalue weighted by Crippen LogP contribution is 2.38. The minimum absolute atomic E-state index is 0.00866. The van der Waals surface area contributed by atoms with Gasteiger partial charge in [-0.25, -0.2) is 0 Å². The molecule has 0 aliphatic rings. The SMILES string of the molecule is COc1cc(CCC(=O)c2ccccn2)cc(OC)c1OC. The van der Waals surface area contributed by atoms with Crippen molar-refractivity contribution in [2.24, 2.45) is 0 Å². The average molecular weight is 301 g/mol.